The van der Waals surface area contributed by atoms with Crippen molar-refractivity contribution in [2.24, 2.45) is 0 Å². The third-order valence-electron chi connectivity index (χ3n) is 3.48. The van der Waals surface area contributed by atoms with Gasteiger partial charge in [-0.05, 0) is 52.3 Å². The van der Waals surface area contributed by atoms with E-state index in [-0.39, 0.29) is 12.1 Å². The van der Waals surface area contributed by atoms with E-state index in [1.54, 1.807) is 0 Å². The molecule has 0 saturated carbocycles. The van der Waals surface area contributed by atoms with Crippen LogP contribution in [0.2, 0.25) is 5.02 Å². The summed E-state index contributed by atoms with van der Waals surface area (Å²) in [6.07, 6.45) is 3.02. The van der Waals surface area contributed by atoms with Gasteiger partial charge in [-0.25, -0.2) is 4.79 Å². The van der Waals surface area contributed by atoms with Crippen LogP contribution in [0.5, 0.6) is 0 Å². The lowest BCUT2D eigenvalue weighted by molar-refractivity contribution is -0.271. The second kappa shape index (κ2) is 7.77. The summed E-state index contributed by atoms with van der Waals surface area (Å²) in [5, 5.41) is 3.51. The first-order chi connectivity index (χ1) is 11.5. The Morgan fingerprint density at radius 3 is 2.56 bits per heavy atom. The standard InChI is InChI=1S/C19H26ClNO4/c1-18(2,3)25-17(22)21-15-12-23-19(4,5)24-16(15)11-8-13-6-9-14(20)10-7-13/h6-11,15-16H,12H2,1-5H3,(H,21,22)/t15-,16+/m0/s1. The molecule has 1 aliphatic rings. The van der Waals surface area contributed by atoms with Crippen molar-refractivity contribution in [1.82, 2.24) is 5.32 Å². The average molecular weight is 368 g/mol. The first-order valence-electron chi connectivity index (χ1n) is 8.29. The van der Waals surface area contributed by atoms with Crippen LogP contribution in [0.4, 0.5) is 4.79 Å². The van der Waals surface area contributed by atoms with E-state index in [4.69, 9.17) is 25.8 Å². The third-order valence-corrected chi connectivity index (χ3v) is 3.73. The maximum Gasteiger partial charge on any atom is 0.408 e. The minimum Gasteiger partial charge on any atom is -0.444 e. The van der Waals surface area contributed by atoms with Crippen molar-refractivity contribution >= 4 is 23.8 Å². The maximum atomic E-state index is 12.1. The highest BCUT2D eigenvalue weighted by atomic mass is 35.5. The normalized spacial score (nSPS) is 23.4. The lowest BCUT2D eigenvalue weighted by Gasteiger charge is -2.40. The summed E-state index contributed by atoms with van der Waals surface area (Å²) in [6, 6.07) is 7.14. The van der Waals surface area contributed by atoms with Gasteiger partial charge in [0.25, 0.3) is 0 Å². The molecule has 5 nitrogen and oxygen atoms in total. The number of ether oxygens (including phenoxy) is 3. The van der Waals surface area contributed by atoms with Gasteiger partial charge in [-0.1, -0.05) is 35.9 Å². The molecule has 1 aliphatic heterocycles. The number of rotatable bonds is 3. The minimum absolute atomic E-state index is 0.335. The number of carbonyl (C=O) groups is 1. The quantitative estimate of drug-likeness (QED) is 0.860. The molecule has 1 fully saturated rings. The predicted octanol–water partition coefficient (Wildman–Crippen LogP) is 4.40. The molecular weight excluding hydrogens is 342 g/mol. The Morgan fingerprint density at radius 1 is 1.32 bits per heavy atom. The van der Waals surface area contributed by atoms with Gasteiger partial charge in [-0.2, -0.15) is 0 Å². The van der Waals surface area contributed by atoms with Crippen molar-refractivity contribution in [3.05, 3.63) is 40.9 Å². The van der Waals surface area contributed by atoms with Crippen LogP contribution in [0, 0.1) is 0 Å². The topological polar surface area (TPSA) is 56.8 Å². The molecule has 1 aromatic rings. The zero-order chi connectivity index (χ0) is 18.7. The molecule has 1 saturated heterocycles. The van der Waals surface area contributed by atoms with E-state index in [1.165, 1.54) is 0 Å². The Hall–Kier alpha value is -1.56. The summed E-state index contributed by atoms with van der Waals surface area (Å²) in [4.78, 5) is 12.1. The number of carbonyl (C=O) groups excluding carboxylic acids is 1. The van der Waals surface area contributed by atoms with Crippen molar-refractivity contribution in [2.45, 2.75) is 58.2 Å². The number of amides is 1. The second-order valence-electron chi connectivity index (χ2n) is 7.46. The van der Waals surface area contributed by atoms with E-state index in [9.17, 15) is 4.79 Å². The van der Waals surface area contributed by atoms with Gasteiger partial charge in [0, 0.05) is 5.02 Å². The van der Waals surface area contributed by atoms with E-state index < -0.39 is 17.5 Å². The largest absolute Gasteiger partial charge is 0.444 e. The van der Waals surface area contributed by atoms with Gasteiger partial charge >= 0.3 is 6.09 Å². The highest BCUT2D eigenvalue weighted by Crippen LogP contribution is 2.24. The second-order valence-corrected chi connectivity index (χ2v) is 7.89. The fraction of sp³-hybridized carbons (Fsp3) is 0.526. The number of benzene rings is 1. The van der Waals surface area contributed by atoms with Crippen molar-refractivity contribution in [1.29, 1.82) is 0 Å². The van der Waals surface area contributed by atoms with Crippen LogP contribution in [0.15, 0.2) is 30.3 Å². The molecule has 0 aliphatic carbocycles. The predicted molar refractivity (Wildman–Crippen MR) is 98.5 cm³/mol. The van der Waals surface area contributed by atoms with Gasteiger partial charge in [0.05, 0.1) is 12.6 Å². The van der Waals surface area contributed by atoms with Gasteiger partial charge in [-0.3, -0.25) is 0 Å². The van der Waals surface area contributed by atoms with Crippen LogP contribution in [0.3, 0.4) is 0 Å². The molecule has 1 amide bonds. The van der Waals surface area contributed by atoms with Crippen LogP contribution >= 0.6 is 11.6 Å². The number of nitrogens with one attached hydrogen (secondary N) is 1. The van der Waals surface area contributed by atoms with Crippen molar-refractivity contribution < 1.29 is 19.0 Å². The Kier molecular flexibility index (Phi) is 6.14. The number of halogens is 1. The zero-order valence-electron chi connectivity index (χ0n) is 15.3. The fourth-order valence-corrected chi connectivity index (χ4v) is 2.49. The smallest absolute Gasteiger partial charge is 0.408 e. The lowest BCUT2D eigenvalue weighted by Crippen LogP contribution is -2.55. The zero-order valence-corrected chi connectivity index (χ0v) is 16.1. The molecule has 1 aromatic carbocycles. The summed E-state index contributed by atoms with van der Waals surface area (Å²) >= 11 is 5.90. The Balaban J connectivity index is 2.08. The molecule has 1 N–H and O–H groups in total. The van der Waals surface area contributed by atoms with Crippen molar-refractivity contribution in [3.63, 3.8) is 0 Å². The fourth-order valence-electron chi connectivity index (χ4n) is 2.37. The summed E-state index contributed by atoms with van der Waals surface area (Å²) in [6.45, 7) is 9.49. The number of alkyl carbamates (subject to hydrolysis) is 1. The monoisotopic (exact) mass is 367 g/mol. The molecule has 0 spiro atoms. The Morgan fingerprint density at radius 2 is 1.96 bits per heavy atom. The molecular formula is C19H26ClNO4. The van der Waals surface area contributed by atoms with Gasteiger partial charge in [-0.15, -0.1) is 0 Å². The molecule has 1 heterocycles. The van der Waals surface area contributed by atoms with Crippen LogP contribution in [-0.4, -0.2) is 36.2 Å². The van der Waals surface area contributed by atoms with Gasteiger partial charge in [0.1, 0.15) is 11.7 Å². The third kappa shape index (κ3) is 6.69. The number of hydrogen-bond donors (Lipinski definition) is 1. The highest BCUT2D eigenvalue weighted by molar-refractivity contribution is 6.30. The van der Waals surface area contributed by atoms with Crippen LogP contribution < -0.4 is 5.32 Å². The van der Waals surface area contributed by atoms with E-state index in [0.29, 0.717) is 11.6 Å². The first kappa shape index (κ1) is 19.8. The Bertz CT molecular complexity index is 619. The van der Waals surface area contributed by atoms with E-state index in [0.717, 1.165) is 5.56 Å². The molecule has 6 heteroatoms. The molecule has 0 aromatic heterocycles. The average Bonchev–Trinajstić information content (AvgIpc) is 2.47. The lowest BCUT2D eigenvalue weighted by atomic mass is 10.1. The van der Waals surface area contributed by atoms with E-state index in [2.05, 4.69) is 5.32 Å². The summed E-state index contributed by atoms with van der Waals surface area (Å²) in [7, 11) is 0. The molecule has 2 atom stereocenters. The Labute approximate surface area is 154 Å². The molecule has 138 valence electrons. The molecule has 0 bridgehead atoms. The van der Waals surface area contributed by atoms with Gasteiger partial charge < -0.3 is 19.5 Å². The van der Waals surface area contributed by atoms with E-state index in [1.807, 2.05) is 71.0 Å². The highest BCUT2D eigenvalue weighted by Gasteiger charge is 2.36. The molecule has 0 radical (unpaired) electrons. The summed E-state index contributed by atoms with van der Waals surface area (Å²) < 4.78 is 16.9. The molecule has 25 heavy (non-hydrogen) atoms. The van der Waals surface area contributed by atoms with Crippen LogP contribution in [0.25, 0.3) is 6.08 Å². The summed E-state index contributed by atoms with van der Waals surface area (Å²) in [5.41, 5.74) is 0.433. The van der Waals surface area contributed by atoms with Crippen LogP contribution in [-0.2, 0) is 14.2 Å². The van der Waals surface area contributed by atoms with Crippen LogP contribution in [0.1, 0.15) is 40.2 Å². The van der Waals surface area contributed by atoms with Crippen molar-refractivity contribution in [2.75, 3.05) is 6.61 Å². The van der Waals surface area contributed by atoms with Gasteiger partial charge in [0.15, 0.2) is 5.79 Å². The maximum absolute atomic E-state index is 12.1. The van der Waals surface area contributed by atoms with Crippen molar-refractivity contribution in [3.8, 4) is 0 Å². The molecule has 2 rings (SSSR count). The first-order valence-corrected chi connectivity index (χ1v) is 8.67. The SMILES string of the molecule is CC(C)(C)OC(=O)N[C@H]1COC(C)(C)O[C@@H]1C=Cc1ccc(Cl)cc1. The summed E-state index contributed by atoms with van der Waals surface area (Å²) in [5.74, 6) is -0.721. The molecule has 0 unspecified atom stereocenters. The number of hydrogen-bond acceptors (Lipinski definition) is 4. The van der Waals surface area contributed by atoms with E-state index >= 15 is 0 Å². The van der Waals surface area contributed by atoms with Gasteiger partial charge in [0.2, 0.25) is 0 Å². The minimum atomic E-state index is -0.721.